The van der Waals surface area contributed by atoms with Crippen molar-refractivity contribution >= 4 is 23.3 Å². The molecular formula is C29H31F2N3O3. The molecule has 0 bridgehead atoms. The number of hydrogen-bond acceptors (Lipinski definition) is 3. The Hall–Kier alpha value is -3.81. The summed E-state index contributed by atoms with van der Waals surface area (Å²) in [5, 5.41) is 4.09. The summed E-state index contributed by atoms with van der Waals surface area (Å²) >= 11 is 0. The zero-order valence-electron chi connectivity index (χ0n) is 21.1. The van der Waals surface area contributed by atoms with Crippen LogP contribution in [0.1, 0.15) is 56.2 Å². The van der Waals surface area contributed by atoms with Crippen molar-refractivity contribution in [3.63, 3.8) is 0 Å². The van der Waals surface area contributed by atoms with Gasteiger partial charge in [0.15, 0.2) is 0 Å². The maximum Gasteiger partial charge on any atom is 0.261 e. The Morgan fingerprint density at radius 1 is 1.11 bits per heavy atom. The second-order valence-corrected chi connectivity index (χ2v) is 10.00. The first-order chi connectivity index (χ1) is 17.6. The molecule has 37 heavy (non-hydrogen) atoms. The van der Waals surface area contributed by atoms with Crippen molar-refractivity contribution in [2.75, 3.05) is 0 Å². The highest BCUT2D eigenvalue weighted by molar-refractivity contribution is 5.95. The van der Waals surface area contributed by atoms with Gasteiger partial charge in [-0.25, -0.2) is 13.8 Å². The highest BCUT2D eigenvalue weighted by Crippen LogP contribution is 2.37. The third-order valence-corrected chi connectivity index (χ3v) is 6.66. The second-order valence-electron chi connectivity index (χ2n) is 10.00. The van der Waals surface area contributed by atoms with Gasteiger partial charge in [-0.15, -0.1) is 0 Å². The van der Waals surface area contributed by atoms with E-state index in [-0.39, 0.29) is 23.8 Å². The van der Waals surface area contributed by atoms with Crippen LogP contribution in [-0.2, 0) is 20.8 Å². The molecule has 0 fully saturated rings. The van der Waals surface area contributed by atoms with Crippen molar-refractivity contribution in [1.29, 1.82) is 0 Å². The van der Waals surface area contributed by atoms with E-state index in [1.54, 1.807) is 0 Å². The topological polar surface area (TPSA) is 78.5 Å². The number of hydrogen-bond donors (Lipinski definition) is 2. The number of allylic oxidation sites excluding steroid dienone is 2. The number of carbonyl (C=O) groups is 3. The average molecular weight is 508 g/mol. The van der Waals surface area contributed by atoms with E-state index in [0.29, 0.717) is 12.8 Å². The zero-order valence-corrected chi connectivity index (χ0v) is 21.1. The highest BCUT2D eigenvalue weighted by Gasteiger charge is 2.38. The van der Waals surface area contributed by atoms with Gasteiger partial charge in [0.05, 0.1) is 18.4 Å². The lowest BCUT2D eigenvalue weighted by Gasteiger charge is -2.34. The van der Waals surface area contributed by atoms with E-state index in [1.807, 2.05) is 63.3 Å². The van der Waals surface area contributed by atoms with Crippen LogP contribution in [0.15, 0.2) is 60.7 Å². The smallest absolute Gasteiger partial charge is 0.261 e. The molecule has 194 valence electrons. The second kappa shape index (κ2) is 11.1. The maximum absolute atomic E-state index is 13.6. The molecule has 8 heteroatoms. The molecule has 4 rings (SSSR count). The summed E-state index contributed by atoms with van der Waals surface area (Å²) in [5.41, 5.74) is 5.77. The number of hydrazine groups is 1. The van der Waals surface area contributed by atoms with Crippen LogP contribution >= 0.6 is 0 Å². The summed E-state index contributed by atoms with van der Waals surface area (Å²) < 4.78 is 27.1. The Labute approximate surface area is 215 Å². The van der Waals surface area contributed by atoms with E-state index in [4.69, 9.17) is 0 Å². The SMILES string of the molecule is CC(C)C[C@H](NC(=O)Cc1cc(F)cc(F)c1)C(=O)NN1C(=O)C(C)c2ccccc2C2=CC=CCC21. The monoisotopic (exact) mass is 507 g/mol. The van der Waals surface area contributed by atoms with Crippen molar-refractivity contribution in [1.82, 2.24) is 15.8 Å². The zero-order chi connectivity index (χ0) is 26.7. The lowest BCUT2D eigenvalue weighted by Crippen LogP contribution is -2.58. The largest absolute Gasteiger partial charge is 0.344 e. The molecule has 3 atom stereocenters. The van der Waals surface area contributed by atoms with Gasteiger partial charge in [-0.1, -0.05) is 56.3 Å². The van der Waals surface area contributed by atoms with Crippen molar-refractivity contribution in [3.05, 3.63) is 89.0 Å². The first-order valence-electron chi connectivity index (χ1n) is 12.5. The molecule has 0 aromatic heterocycles. The summed E-state index contributed by atoms with van der Waals surface area (Å²) in [4.78, 5) is 39.8. The fraction of sp³-hybridized carbons (Fsp3) is 0.345. The molecule has 1 heterocycles. The molecule has 1 aliphatic carbocycles. The molecule has 1 aliphatic heterocycles. The molecule has 0 saturated carbocycles. The summed E-state index contributed by atoms with van der Waals surface area (Å²) in [7, 11) is 0. The van der Waals surface area contributed by atoms with Crippen molar-refractivity contribution < 1.29 is 23.2 Å². The van der Waals surface area contributed by atoms with Crippen LogP contribution in [0.4, 0.5) is 8.78 Å². The van der Waals surface area contributed by atoms with Crippen molar-refractivity contribution in [2.45, 2.75) is 58.0 Å². The number of fused-ring (bicyclic) bond motifs is 3. The van der Waals surface area contributed by atoms with Crippen LogP contribution in [0.25, 0.3) is 5.57 Å². The summed E-state index contributed by atoms with van der Waals surface area (Å²) in [5.74, 6) is -3.29. The predicted octanol–water partition coefficient (Wildman–Crippen LogP) is 4.43. The van der Waals surface area contributed by atoms with Crippen molar-refractivity contribution in [3.8, 4) is 0 Å². The van der Waals surface area contributed by atoms with E-state index in [0.717, 1.165) is 34.9 Å². The number of benzene rings is 2. The third kappa shape index (κ3) is 5.96. The molecule has 0 spiro atoms. The standard InChI is InChI=1S/C29H31F2N3O3/c1-17(2)12-25(32-27(35)15-19-13-20(30)16-21(31)14-19)28(36)33-34-26-11-7-6-10-24(26)23-9-5-4-8-22(23)18(3)29(34)37/h4-10,13-14,16-18,25-26H,11-12,15H2,1-3H3,(H,32,35)(H,33,36)/t18?,25-,26?/m0/s1. The van der Waals surface area contributed by atoms with Gasteiger partial charge >= 0.3 is 0 Å². The molecule has 0 saturated heterocycles. The number of nitrogens with one attached hydrogen (secondary N) is 2. The van der Waals surface area contributed by atoms with Gasteiger partial charge in [0.2, 0.25) is 11.8 Å². The minimum atomic E-state index is -0.939. The van der Waals surface area contributed by atoms with Gasteiger partial charge in [-0.2, -0.15) is 0 Å². The van der Waals surface area contributed by atoms with E-state index in [2.05, 4.69) is 10.7 Å². The van der Waals surface area contributed by atoms with Crippen molar-refractivity contribution in [2.24, 2.45) is 5.92 Å². The minimum absolute atomic E-state index is 0.0544. The molecule has 6 nitrogen and oxygen atoms in total. The highest BCUT2D eigenvalue weighted by atomic mass is 19.1. The number of halogens is 2. The summed E-state index contributed by atoms with van der Waals surface area (Å²) in [6.45, 7) is 5.64. The van der Waals surface area contributed by atoms with Crippen LogP contribution < -0.4 is 10.7 Å². The quantitative estimate of drug-likeness (QED) is 0.582. The van der Waals surface area contributed by atoms with E-state index in [9.17, 15) is 23.2 Å². The van der Waals surface area contributed by atoms with Crippen LogP contribution in [0.3, 0.4) is 0 Å². The predicted molar refractivity (Wildman–Crippen MR) is 137 cm³/mol. The Bertz CT molecular complexity index is 1250. The molecule has 2 N–H and O–H groups in total. The summed E-state index contributed by atoms with van der Waals surface area (Å²) in [6.07, 6.45) is 6.42. The summed E-state index contributed by atoms with van der Waals surface area (Å²) in [6, 6.07) is 9.30. The van der Waals surface area contributed by atoms with E-state index >= 15 is 0 Å². The maximum atomic E-state index is 13.6. The normalized spacial score (nSPS) is 19.5. The first kappa shape index (κ1) is 26.3. The average Bonchev–Trinajstić information content (AvgIpc) is 2.92. The molecule has 3 amide bonds. The Morgan fingerprint density at radius 2 is 1.81 bits per heavy atom. The number of carbonyl (C=O) groups excluding carboxylic acids is 3. The molecule has 2 aromatic carbocycles. The van der Waals surface area contributed by atoms with Crippen LogP contribution in [0.5, 0.6) is 0 Å². The van der Waals surface area contributed by atoms with Gasteiger partial charge in [0, 0.05) is 6.07 Å². The van der Waals surface area contributed by atoms with E-state index in [1.165, 1.54) is 5.01 Å². The van der Waals surface area contributed by atoms with Gasteiger partial charge < -0.3 is 5.32 Å². The lowest BCUT2D eigenvalue weighted by atomic mass is 9.88. The molecule has 2 aliphatic rings. The fourth-order valence-corrected chi connectivity index (χ4v) is 4.94. The first-order valence-corrected chi connectivity index (χ1v) is 12.5. The number of nitrogens with zero attached hydrogens (tertiary/aromatic N) is 1. The molecule has 2 aromatic rings. The number of rotatable bonds is 7. The molecule has 0 radical (unpaired) electrons. The van der Waals surface area contributed by atoms with Gasteiger partial charge in [-0.05, 0) is 60.1 Å². The number of amides is 3. The van der Waals surface area contributed by atoms with Gasteiger partial charge in [-0.3, -0.25) is 19.8 Å². The van der Waals surface area contributed by atoms with Crippen LogP contribution in [-0.4, -0.2) is 34.8 Å². The Kier molecular flexibility index (Phi) is 7.86. The molecular weight excluding hydrogens is 476 g/mol. The lowest BCUT2D eigenvalue weighted by molar-refractivity contribution is -0.145. The minimum Gasteiger partial charge on any atom is -0.344 e. The van der Waals surface area contributed by atoms with Crippen LogP contribution in [0, 0.1) is 17.6 Å². The molecule has 2 unspecified atom stereocenters. The Morgan fingerprint density at radius 3 is 2.51 bits per heavy atom. The van der Waals surface area contributed by atoms with Crippen LogP contribution in [0.2, 0.25) is 0 Å². The fourth-order valence-electron chi connectivity index (χ4n) is 4.94. The van der Waals surface area contributed by atoms with E-state index < -0.39 is 41.5 Å². The third-order valence-electron chi connectivity index (χ3n) is 6.66. The Balaban J connectivity index is 1.55. The van der Waals surface area contributed by atoms with Gasteiger partial charge in [0.25, 0.3) is 5.91 Å². The van der Waals surface area contributed by atoms with Gasteiger partial charge in [0.1, 0.15) is 17.7 Å².